The molecule has 166 valence electrons. The molecule has 1 aliphatic heterocycles. The molecule has 0 saturated carbocycles. The zero-order valence-electron chi connectivity index (χ0n) is 17.9. The largest absolute Gasteiger partial charge is 0.493 e. The molecule has 4 rings (SSSR count). The Morgan fingerprint density at radius 1 is 1.06 bits per heavy atom. The lowest BCUT2D eigenvalue weighted by molar-refractivity contribution is -0.142. The number of hydrogen-bond acceptors (Lipinski definition) is 7. The van der Waals surface area contributed by atoms with Crippen LogP contribution in [0.5, 0.6) is 11.5 Å². The lowest BCUT2D eigenvalue weighted by atomic mass is 10.1. The normalized spacial score (nSPS) is 12.6. The molecule has 0 bridgehead atoms. The number of thiophene rings is 1. The van der Waals surface area contributed by atoms with E-state index in [1.54, 1.807) is 18.2 Å². The van der Waals surface area contributed by atoms with Crippen molar-refractivity contribution in [3.8, 4) is 11.5 Å². The SMILES string of the molecule is COC(=O)COc1ccc(C(=O)Nc2ccc(N3CCc4sccc4C3)cc2)cc1OC. The Morgan fingerprint density at radius 3 is 2.62 bits per heavy atom. The molecule has 0 saturated heterocycles. The summed E-state index contributed by atoms with van der Waals surface area (Å²) in [6, 6.07) is 14.8. The summed E-state index contributed by atoms with van der Waals surface area (Å²) < 4.78 is 15.2. The molecule has 2 heterocycles. The maximum absolute atomic E-state index is 12.7. The second kappa shape index (κ2) is 9.74. The van der Waals surface area contributed by atoms with Crippen LogP contribution in [0.15, 0.2) is 53.9 Å². The van der Waals surface area contributed by atoms with E-state index < -0.39 is 5.97 Å². The Morgan fingerprint density at radius 2 is 1.88 bits per heavy atom. The fourth-order valence-corrected chi connectivity index (χ4v) is 4.44. The number of methoxy groups -OCH3 is 2. The number of benzene rings is 2. The van der Waals surface area contributed by atoms with E-state index in [1.165, 1.54) is 24.7 Å². The zero-order valence-corrected chi connectivity index (χ0v) is 18.7. The summed E-state index contributed by atoms with van der Waals surface area (Å²) in [5.74, 6) is -0.0574. The molecule has 0 radical (unpaired) electrons. The number of amides is 1. The van der Waals surface area contributed by atoms with Gasteiger partial charge in [-0.05, 0) is 65.9 Å². The minimum absolute atomic E-state index is 0.241. The van der Waals surface area contributed by atoms with Crippen LogP contribution in [0.1, 0.15) is 20.8 Å². The van der Waals surface area contributed by atoms with E-state index in [2.05, 4.69) is 26.4 Å². The molecule has 0 aliphatic carbocycles. The minimum atomic E-state index is -0.502. The molecule has 2 aromatic carbocycles. The quantitative estimate of drug-likeness (QED) is 0.544. The molecule has 0 spiro atoms. The second-order valence-electron chi connectivity index (χ2n) is 7.27. The third kappa shape index (κ3) is 4.86. The molecule has 1 aliphatic rings. The smallest absolute Gasteiger partial charge is 0.343 e. The van der Waals surface area contributed by atoms with Gasteiger partial charge in [0.2, 0.25) is 0 Å². The van der Waals surface area contributed by atoms with E-state index in [0.717, 1.165) is 25.2 Å². The van der Waals surface area contributed by atoms with Crippen molar-refractivity contribution in [3.63, 3.8) is 0 Å². The van der Waals surface area contributed by atoms with E-state index in [4.69, 9.17) is 9.47 Å². The number of rotatable bonds is 7. The van der Waals surface area contributed by atoms with Gasteiger partial charge in [-0.3, -0.25) is 4.79 Å². The predicted molar refractivity (Wildman–Crippen MR) is 124 cm³/mol. The van der Waals surface area contributed by atoms with Crippen LogP contribution in [0.2, 0.25) is 0 Å². The Balaban J connectivity index is 1.40. The molecule has 1 N–H and O–H groups in total. The van der Waals surface area contributed by atoms with Crippen LogP contribution in [-0.2, 0) is 22.5 Å². The first-order valence-corrected chi connectivity index (χ1v) is 11.0. The van der Waals surface area contributed by atoms with Crippen LogP contribution in [0.25, 0.3) is 0 Å². The van der Waals surface area contributed by atoms with Gasteiger partial charge in [0.15, 0.2) is 18.1 Å². The van der Waals surface area contributed by atoms with Crippen LogP contribution in [0.3, 0.4) is 0 Å². The van der Waals surface area contributed by atoms with Crippen molar-refractivity contribution in [2.75, 3.05) is 37.6 Å². The van der Waals surface area contributed by atoms with Gasteiger partial charge in [0.1, 0.15) is 0 Å². The fourth-order valence-electron chi connectivity index (χ4n) is 3.55. The molecule has 0 fully saturated rings. The van der Waals surface area contributed by atoms with Crippen LogP contribution in [0, 0.1) is 0 Å². The van der Waals surface area contributed by atoms with Gasteiger partial charge < -0.3 is 24.4 Å². The topological polar surface area (TPSA) is 77.1 Å². The summed E-state index contributed by atoms with van der Waals surface area (Å²) in [5.41, 5.74) is 3.65. The highest BCUT2D eigenvalue weighted by molar-refractivity contribution is 7.10. The standard InChI is InChI=1S/C24H24N2O5S/c1-29-21-13-16(3-8-20(21)31-15-23(27)30-2)24(28)25-18-4-6-19(7-5-18)26-11-9-22-17(14-26)10-12-32-22/h3-8,10,12-13H,9,11,14-15H2,1-2H3,(H,25,28). The van der Waals surface area contributed by atoms with Gasteiger partial charge in [-0.2, -0.15) is 0 Å². The first kappa shape index (κ1) is 21.7. The number of carbonyl (C=O) groups is 2. The van der Waals surface area contributed by atoms with Crippen molar-refractivity contribution < 1.29 is 23.8 Å². The number of ether oxygens (including phenoxy) is 3. The Kier molecular flexibility index (Phi) is 6.61. The maximum atomic E-state index is 12.7. The zero-order chi connectivity index (χ0) is 22.5. The van der Waals surface area contributed by atoms with Gasteiger partial charge in [-0.25, -0.2) is 4.79 Å². The van der Waals surface area contributed by atoms with E-state index in [9.17, 15) is 9.59 Å². The van der Waals surface area contributed by atoms with Gasteiger partial charge in [-0.15, -0.1) is 11.3 Å². The summed E-state index contributed by atoms with van der Waals surface area (Å²) in [6.45, 7) is 1.66. The number of fused-ring (bicyclic) bond motifs is 1. The van der Waals surface area contributed by atoms with Gasteiger partial charge in [0.25, 0.3) is 5.91 Å². The van der Waals surface area contributed by atoms with E-state index >= 15 is 0 Å². The maximum Gasteiger partial charge on any atom is 0.343 e. The Bertz CT molecular complexity index is 1110. The Labute approximate surface area is 190 Å². The second-order valence-corrected chi connectivity index (χ2v) is 8.27. The molecule has 0 atom stereocenters. The molecular formula is C24H24N2O5S. The number of anilines is 2. The molecule has 1 amide bonds. The highest BCUT2D eigenvalue weighted by atomic mass is 32.1. The molecule has 3 aromatic rings. The highest BCUT2D eigenvalue weighted by Crippen LogP contribution is 2.30. The van der Waals surface area contributed by atoms with E-state index in [0.29, 0.717) is 22.7 Å². The van der Waals surface area contributed by atoms with Gasteiger partial charge in [-0.1, -0.05) is 0 Å². The third-order valence-electron chi connectivity index (χ3n) is 5.30. The molecule has 7 nitrogen and oxygen atoms in total. The Hall–Kier alpha value is -3.52. The summed E-state index contributed by atoms with van der Waals surface area (Å²) in [7, 11) is 2.76. The third-order valence-corrected chi connectivity index (χ3v) is 6.32. The fraction of sp³-hybridized carbons (Fsp3) is 0.250. The van der Waals surface area contributed by atoms with Crippen LogP contribution >= 0.6 is 11.3 Å². The summed E-state index contributed by atoms with van der Waals surface area (Å²) in [5, 5.41) is 5.06. The number of nitrogens with zero attached hydrogens (tertiary/aromatic N) is 1. The molecule has 8 heteroatoms. The summed E-state index contributed by atoms with van der Waals surface area (Å²) in [6.07, 6.45) is 1.06. The number of esters is 1. The van der Waals surface area contributed by atoms with Gasteiger partial charge in [0, 0.05) is 34.9 Å². The van der Waals surface area contributed by atoms with Crippen molar-refractivity contribution in [2.24, 2.45) is 0 Å². The van der Waals surface area contributed by atoms with Crippen LogP contribution < -0.4 is 19.7 Å². The lowest BCUT2D eigenvalue weighted by Gasteiger charge is -2.29. The van der Waals surface area contributed by atoms with Crippen molar-refractivity contribution in [3.05, 3.63) is 69.9 Å². The van der Waals surface area contributed by atoms with Crippen LogP contribution in [0.4, 0.5) is 11.4 Å². The average molecular weight is 453 g/mol. The van der Waals surface area contributed by atoms with Crippen molar-refractivity contribution in [2.45, 2.75) is 13.0 Å². The van der Waals surface area contributed by atoms with Crippen molar-refractivity contribution in [1.82, 2.24) is 0 Å². The van der Waals surface area contributed by atoms with Crippen molar-refractivity contribution in [1.29, 1.82) is 0 Å². The highest BCUT2D eigenvalue weighted by Gasteiger charge is 2.18. The van der Waals surface area contributed by atoms with Crippen LogP contribution in [-0.4, -0.2) is 39.2 Å². The van der Waals surface area contributed by atoms with E-state index in [-0.39, 0.29) is 12.5 Å². The number of hydrogen-bond donors (Lipinski definition) is 1. The minimum Gasteiger partial charge on any atom is -0.493 e. The summed E-state index contributed by atoms with van der Waals surface area (Å²) >= 11 is 1.83. The van der Waals surface area contributed by atoms with Gasteiger partial charge in [0.05, 0.1) is 14.2 Å². The molecule has 0 unspecified atom stereocenters. The lowest BCUT2D eigenvalue weighted by Crippen LogP contribution is -2.29. The summed E-state index contributed by atoms with van der Waals surface area (Å²) in [4.78, 5) is 27.8. The van der Waals surface area contributed by atoms with Crippen molar-refractivity contribution >= 4 is 34.6 Å². The number of nitrogens with one attached hydrogen (secondary N) is 1. The number of carbonyl (C=O) groups excluding carboxylic acids is 2. The first-order valence-electron chi connectivity index (χ1n) is 10.2. The molecule has 1 aromatic heterocycles. The monoisotopic (exact) mass is 452 g/mol. The van der Waals surface area contributed by atoms with Gasteiger partial charge >= 0.3 is 5.97 Å². The first-order chi connectivity index (χ1) is 15.6. The average Bonchev–Trinajstić information content (AvgIpc) is 3.30. The van der Waals surface area contributed by atoms with E-state index in [1.807, 2.05) is 35.6 Å². The molecule has 32 heavy (non-hydrogen) atoms. The predicted octanol–water partition coefficient (Wildman–Crippen LogP) is 4.12. The molecular weight excluding hydrogens is 428 g/mol.